The van der Waals surface area contributed by atoms with E-state index in [1.807, 2.05) is 11.8 Å². The molecule has 20 heavy (non-hydrogen) atoms. The zero-order valence-corrected chi connectivity index (χ0v) is 13.0. The van der Waals surface area contributed by atoms with Gasteiger partial charge in [0.2, 0.25) is 0 Å². The van der Waals surface area contributed by atoms with Crippen molar-refractivity contribution >= 4 is 40.7 Å². The molecule has 0 amide bonds. The zero-order chi connectivity index (χ0) is 14.8. The second-order valence-electron chi connectivity index (χ2n) is 5.18. The van der Waals surface area contributed by atoms with Gasteiger partial charge in [0, 0.05) is 17.0 Å². The topological polar surface area (TPSA) is 75.3 Å². The molecule has 0 aliphatic heterocycles. The molecule has 1 aromatic rings. The van der Waals surface area contributed by atoms with Crippen LogP contribution in [0.4, 0.5) is 11.4 Å². The molecule has 0 bridgehead atoms. The highest BCUT2D eigenvalue weighted by atomic mass is 35.5. The van der Waals surface area contributed by atoms with Crippen molar-refractivity contribution in [3.8, 4) is 0 Å². The van der Waals surface area contributed by atoms with E-state index in [1.54, 1.807) is 6.07 Å². The summed E-state index contributed by atoms with van der Waals surface area (Å²) in [5.74, 6) is -1.02. The SMILES string of the molecule is CSC1(CNc2c(Cl)cc(N)cc2C(=O)O)CCCC1. The number of hydrogen-bond donors (Lipinski definition) is 3. The number of rotatable bonds is 5. The fraction of sp³-hybridized carbons (Fsp3) is 0.500. The first-order valence-corrected chi connectivity index (χ1v) is 8.19. The number of aromatic carboxylic acids is 1. The Balaban J connectivity index is 2.22. The predicted octanol–water partition coefficient (Wildman–Crippen LogP) is 3.71. The molecule has 1 aromatic carbocycles. The number of nitrogen functional groups attached to an aromatic ring is 1. The minimum absolute atomic E-state index is 0.129. The summed E-state index contributed by atoms with van der Waals surface area (Å²) in [5.41, 5.74) is 6.61. The molecule has 2 rings (SSSR count). The molecule has 0 saturated heterocycles. The van der Waals surface area contributed by atoms with Gasteiger partial charge in [-0.3, -0.25) is 0 Å². The molecule has 0 atom stereocenters. The normalized spacial score (nSPS) is 17.1. The number of carboxylic acid groups (broad SMARTS) is 1. The minimum atomic E-state index is -1.02. The summed E-state index contributed by atoms with van der Waals surface area (Å²) in [6.45, 7) is 0.720. The van der Waals surface area contributed by atoms with E-state index in [0.29, 0.717) is 16.4 Å². The van der Waals surface area contributed by atoms with Crippen LogP contribution in [0.1, 0.15) is 36.0 Å². The van der Waals surface area contributed by atoms with Crippen LogP contribution in [0.2, 0.25) is 5.02 Å². The van der Waals surface area contributed by atoms with Crippen molar-refractivity contribution in [3.63, 3.8) is 0 Å². The molecular weight excluding hydrogens is 296 g/mol. The minimum Gasteiger partial charge on any atom is -0.478 e. The molecule has 0 unspecified atom stereocenters. The lowest BCUT2D eigenvalue weighted by Crippen LogP contribution is -2.30. The molecule has 0 radical (unpaired) electrons. The lowest BCUT2D eigenvalue weighted by Gasteiger charge is -2.28. The van der Waals surface area contributed by atoms with Gasteiger partial charge in [-0.15, -0.1) is 0 Å². The summed E-state index contributed by atoms with van der Waals surface area (Å²) in [6, 6.07) is 3.02. The highest BCUT2D eigenvalue weighted by molar-refractivity contribution is 8.00. The van der Waals surface area contributed by atoms with Gasteiger partial charge in [0.1, 0.15) is 0 Å². The maximum atomic E-state index is 11.3. The Labute approximate surface area is 128 Å². The van der Waals surface area contributed by atoms with Crippen molar-refractivity contribution in [2.45, 2.75) is 30.4 Å². The number of carbonyl (C=O) groups is 1. The number of nitrogens with two attached hydrogens (primary N) is 1. The van der Waals surface area contributed by atoms with Gasteiger partial charge in [0.05, 0.1) is 16.3 Å². The fourth-order valence-corrected chi connectivity index (χ4v) is 3.91. The van der Waals surface area contributed by atoms with Crippen LogP contribution in [-0.4, -0.2) is 28.6 Å². The van der Waals surface area contributed by atoms with Crippen molar-refractivity contribution in [3.05, 3.63) is 22.7 Å². The van der Waals surface area contributed by atoms with Crippen LogP contribution in [0, 0.1) is 0 Å². The van der Waals surface area contributed by atoms with Crippen LogP contribution in [-0.2, 0) is 0 Å². The largest absolute Gasteiger partial charge is 0.478 e. The number of nitrogens with one attached hydrogen (secondary N) is 1. The summed E-state index contributed by atoms with van der Waals surface area (Å²) in [6.07, 6.45) is 6.86. The Morgan fingerprint density at radius 2 is 2.15 bits per heavy atom. The molecule has 0 heterocycles. The maximum Gasteiger partial charge on any atom is 0.337 e. The van der Waals surface area contributed by atoms with E-state index in [9.17, 15) is 9.90 Å². The predicted molar refractivity (Wildman–Crippen MR) is 86.0 cm³/mol. The van der Waals surface area contributed by atoms with Crippen molar-refractivity contribution in [1.82, 2.24) is 0 Å². The van der Waals surface area contributed by atoms with Crippen LogP contribution < -0.4 is 11.1 Å². The number of benzene rings is 1. The van der Waals surface area contributed by atoms with E-state index < -0.39 is 5.97 Å². The summed E-state index contributed by atoms with van der Waals surface area (Å²) in [7, 11) is 0. The van der Waals surface area contributed by atoms with Crippen LogP contribution in [0.25, 0.3) is 0 Å². The van der Waals surface area contributed by atoms with Gasteiger partial charge < -0.3 is 16.2 Å². The molecule has 1 fully saturated rings. The van der Waals surface area contributed by atoms with Crippen LogP contribution in [0.15, 0.2) is 12.1 Å². The van der Waals surface area contributed by atoms with Crippen molar-refractivity contribution < 1.29 is 9.90 Å². The molecule has 1 aliphatic rings. The van der Waals surface area contributed by atoms with Crippen molar-refractivity contribution in [2.24, 2.45) is 0 Å². The first-order valence-electron chi connectivity index (χ1n) is 6.59. The highest BCUT2D eigenvalue weighted by Crippen LogP contribution is 2.41. The number of anilines is 2. The Morgan fingerprint density at radius 3 is 2.70 bits per heavy atom. The van der Waals surface area contributed by atoms with Crippen molar-refractivity contribution in [2.75, 3.05) is 23.9 Å². The molecule has 4 nitrogen and oxygen atoms in total. The summed E-state index contributed by atoms with van der Waals surface area (Å²) < 4.78 is 0.181. The number of halogens is 1. The highest BCUT2D eigenvalue weighted by Gasteiger charge is 2.33. The third-order valence-corrected chi connectivity index (χ3v) is 5.59. The zero-order valence-electron chi connectivity index (χ0n) is 11.4. The Bertz CT molecular complexity index is 516. The van der Waals surface area contributed by atoms with E-state index in [4.69, 9.17) is 17.3 Å². The summed E-state index contributed by atoms with van der Waals surface area (Å²) in [5, 5.41) is 12.9. The summed E-state index contributed by atoms with van der Waals surface area (Å²) in [4.78, 5) is 11.3. The molecule has 4 N–H and O–H groups in total. The smallest absolute Gasteiger partial charge is 0.337 e. The van der Waals surface area contributed by atoms with E-state index in [-0.39, 0.29) is 10.3 Å². The van der Waals surface area contributed by atoms with Gasteiger partial charge in [-0.25, -0.2) is 4.79 Å². The lowest BCUT2D eigenvalue weighted by atomic mass is 10.1. The van der Waals surface area contributed by atoms with E-state index in [1.165, 1.54) is 18.9 Å². The lowest BCUT2D eigenvalue weighted by molar-refractivity contribution is 0.0698. The van der Waals surface area contributed by atoms with Crippen LogP contribution >= 0.6 is 23.4 Å². The molecule has 110 valence electrons. The quantitative estimate of drug-likeness (QED) is 0.722. The molecule has 1 aliphatic carbocycles. The first-order chi connectivity index (χ1) is 9.47. The third-order valence-electron chi connectivity index (χ3n) is 3.88. The van der Waals surface area contributed by atoms with Gasteiger partial charge in [-0.05, 0) is 31.2 Å². The summed E-state index contributed by atoms with van der Waals surface area (Å²) >= 11 is 7.98. The monoisotopic (exact) mass is 314 g/mol. The maximum absolute atomic E-state index is 11.3. The van der Waals surface area contributed by atoms with Gasteiger partial charge in [0.15, 0.2) is 0 Å². The number of carboxylic acids is 1. The molecular formula is C14H19ClN2O2S. The second-order valence-corrected chi connectivity index (χ2v) is 6.86. The average Bonchev–Trinajstić information content (AvgIpc) is 2.86. The number of hydrogen-bond acceptors (Lipinski definition) is 4. The second kappa shape index (κ2) is 6.14. The Morgan fingerprint density at radius 1 is 1.50 bits per heavy atom. The number of thioether (sulfide) groups is 1. The average molecular weight is 315 g/mol. The van der Waals surface area contributed by atoms with E-state index in [2.05, 4.69) is 11.6 Å². The van der Waals surface area contributed by atoms with Gasteiger partial charge >= 0.3 is 5.97 Å². The molecule has 0 aromatic heterocycles. The Kier molecular flexibility index (Phi) is 4.70. The standard InChI is InChI=1S/C14H19ClN2O2S/c1-20-14(4-2-3-5-14)8-17-12-10(13(18)19)6-9(16)7-11(12)15/h6-7,17H,2-5,8,16H2,1H3,(H,18,19). The third kappa shape index (κ3) is 3.15. The molecule has 0 spiro atoms. The molecule has 6 heteroatoms. The van der Waals surface area contributed by atoms with Gasteiger partial charge in [-0.1, -0.05) is 24.4 Å². The van der Waals surface area contributed by atoms with Gasteiger partial charge in [-0.2, -0.15) is 11.8 Å². The van der Waals surface area contributed by atoms with E-state index in [0.717, 1.165) is 19.4 Å². The van der Waals surface area contributed by atoms with Crippen LogP contribution in [0.5, 0.6) is 0 Å². The van der Waals surface area contributed by atoms with Crippen LogP contribution in [0.3, 0.4) is 0 Å². The van der Waals surface area contributed by atoms with Crippen molar-refractivity contribution in [1.29, 1.82) is 0 Å². The fourth-order valence-electron chi connectivity index (χ4n) is 2.70. The van der Waals surface area contributed by atoms with E-state index >= 15 is 0 Å². The first kappa shape index (κ1) is 15.3. The molecule has 1 saturated carbocycles. The Hall–Kier alpha value is -1.07. The van der Waals surface area contributed by atoms with Gasteiger partial charge in [0.25, 0.3) is 0 Å².